The average molecular weight is 310 g/mol. The van der Waals surface area contributed by atoms with Crippen molar-refractivity contribution in [1.29, 1.82) is 0 Å². The molecule has 1 aliphatic heterocycles. The number of benzene rings is 2. The maximum Gasteiger partial charge on any atom is 0.115 e. The highest BCUT2D eigenvalue weighted by Gasteiger charge is 2.21. The van der Waals surface area contributed by atoms with E-state index in [0.29, 0.717) is 11.7 Å². The first-order valence-electron chi connectivity index (χ1n) is 8.51. The first kappa shape index (κ1) is 16.0. The van der Waals surface area contributed by atoms with Gasteiger partial charge in [0.15, 0.2) is 0 Å². The monoisotopic (exact) mass is 310 g/mol. The van der Waals surface area contributed by atoms with Gasteiger partial charge in [0.05, 0.1) is 0 Å². The lowest BCUT2D eigenvalue weighted by molar-refractivity contribution is 0.200. The van der Waals surface area contributed by atoms with Crippen molar-refractivity contribution in [1.82, 2.24) is 4.90 Å². The number of phenols is 1. The topological polar surface area (TPSA) is 49.5 Å². The molecule has 2 aromatic carbocycles. The summed E-state index contributed by atoms with van der Waals surface area (Å²) in [4.78, 5) is 2.49. The summed E-state index contributed by atoms with van der Waals surface area (Å²) in [5, 5.41) is 9.33. The Morgan fingerprint density at radius 3 is 2.30 bits per heavy atom. The first-order valence-corrected chi connectivity index (χ1v) is 8.51. The number of nitrogens with zero attached hydrogens (tertiary/aromatic N) is 1. The molecule has 3 N–H and O–H groups in total. The molecule has 1 heterocycles. The molecule has 3 nitrogen and oxygen atoms in total. The van der Waals surface area contributed by atoms with Gasteiger partial charge in [0.1, 0.15) is 5.75 Å². The summed E-state index contributed by atoms with van der Waals surface area (Å²) in [5.74, 6) is 1.01. The summed E-state index contributed by atoms with van der Waals surface area (Å²) in [7, 11) is 0. The van der Waals surface area contributed by atoms with Gasteiger partial charge in [-0.15, -0.1) is 0 Å². The lowest BCUT2D eigenvalue weighted by Gasteiger charge is -2.33. The van der Waals surface area contributed by atoms with E-state index in [-0.39, 0.29) is 6.04 Å². The van der Waals surface area contributed by atoms with Crippen molar-refractivity contribution in [2.75, 3.05) is 19.6 Å². The number of aromatic hydroxyl groups is 1. The highest BCUT2D eigenvalue weighted by molar-refractivity contribution is 5.26. The standard InChI is InChI=1S/C20H26N2O/c21-19(14-16-6-8-20(23)9-7-16)15-22-12-10-18(11-13-22)17-4-2-1-3-5-17/h1-9,18-19,23H,10-15,21H2. The van der Waals surface area contributed by atoms with E-state index >= 15 is 0 Å². The number of phenolic OH excluding ortho intramolecular Hbond substituents is 1. The van der Waals surface area contributed by atoms with Gasteiger partial charge in [0.2, 0.25) is 0 Å². The summed E-state index contributed by atoms with van der Waals surface area (Å²) in [6.07, 6.45) is 3.30. The van der Waals surface area contributed by atoms with Gasteiger partial charge in [0, 0.05) is 12.6 Å². The average Bonchev–Trinajstić information content (AvgIpc) is 2.58. The minimum absolute atomic E-state index is 0.146. The van der Waals surface area contributed by atoms with Gasteiger partial charge in [-0.25, -0.2) is 0 Å². The SMILES string of the molecule is NC(Cc1ccc(O)cc1)CN1CCC(c2ccccc2)CC1. The molecular formula is C20H26N2O. The van der Waals surface area contributed by atoms with Crippen molar-refractivity contribution < 1.29 is 5.11 Å². The molecular weight excluding hydrogens is 284 g/mol. The van der Waals surface area contributed by atoms with E-state index < -0.39 is 0 Å². The Morgan fingerprint density at radius 2 is 1.65 bits per heavy atom. The predicted molar refractivity (Wildman–Crippen MR) is 94.6 cm³/mol. The van der Waals surface area contributed by atoms with Crippen LogP contribution >= 0.6 is 0 Å². The predicted octanol–water partition coefficient (Wildman–Crippen LogP) is 3.14. The third-order valence-electron chi connectivity index (χ3n) is 4.79. The number of nitrogens with two attached hydrogens (primary N) is 1. The number of hydrogen-bond acceptors (Lipinski definition) is 3. The molecule has 3 rings (SSSR count). The molecule has 0 radical (unpaired) electrons. The molecule has 0 amide bonds. The second-order valence-corrected chi connectivity index (χ2v) is 6.62. The van der Waals surface area contributed by atoms with Gasteiger partial charge in [-0.1, -0.05) is 42.5 Å². The number of piperidine rings is 1. The van der Waals surface area contributed by atoms with E-state index in [4.69, 9.17) is 5.73 Å². The van der Waals surface area contributed by atoms with Crippen LogP contribution in [0.2, 0.25) is 0 Å². The van der Waals surface area contributed by atoms with E-state index in [1.807, 2.05) is 12.1 Å². The van der Waals surface area contributed by atoms with Crippen molar-refractivity contribution in [3.05, 3.63) is 65.7 Å². The van der Waals surface area contributed by atoms with Crippen molar-refractivity contribution >= 4 is 0 Å². The van der Waals surface area contributed by atoms with Gasteiger partial charge in [-0.2, -0.15) is 0 Å². The normalized spacial score (nSPS) is 18.0. The van der Waals surface area contributed by atoms with Crippen LogP contribution in [0.25, 0.3) is 0 Å². The zero-order valence-electron chi connectivity index (χ0n) is 13.6. The molecule has 0 aliphatic carbocycles. The van der Waals surface area contributed by atoms with Gasteiger partial charge in [-0.3, -0.25) is 0 Å². The van der Waals surface area contributed by atoms with Crippen molar-refractivity contribution in [2.24, 2.45) is 5.73 Å². The third-order valence-corrected chi connectivity index (χ3v) is 4.79. The summed E-state index contributed by atoms with van der Waals surface area (Å²) in [6.45, 7) is 3.20. The van der Waals surface area contributed by atoms with Crippen molar-refractivity contribution in [3.8, 4) is 5.75 Å². The molecule has 1 fully saturated rings. The number of hydrogen-bond donors (Lipinski definition) is 2. The third kappa shape index (κ3) is 4.57. The van der Waals surface area contributed by atoms with E-state index in [0.717, 1.165) is 26.1 Å². The summed E-state index contributed by atoms with van der Waals surface area (Å²) < 4.78 is 0. The van der Waals surface area contributed by atoms with E-state index in [1.54, 1.807) is 12.1 Å². The quantitative estimate of drug-likeness (QED) is 0.892. The number of rotatable bonds is 5. The molecule has 23 heavy (non-hydrogen) atoms. The van der Waals surface area contributed by atoms with Gasteiger partial charge in [-0.05, 0) is 61.5 Å². The minimum Gasteiger partial charge on any atom is -0.508 e. The summed E-state index contributed by atoms with van der Waals surface area (Å²) >= 11 is 0. The Hall–Kier alpha value is -1.84. The molecule has 0 spiro atoms. The van der Waals surface area contributed by atoms with Crippen LogP contribution in [-0.4, -0.2) is 35.7 Å². The van der Waals surface area contributed by atoms with Crippen LogP contribution in [0.4, 0.5) is 0 Å². The van der Waals surface area contributed by atoms with Crippen LogP contribution in [0.3, 0.4) is 0 Å². The Morgan fingerprint density at radius 1 is 1.00 bits per heavy atom. The molecule has 0 saturated carbocycles. The van der Waals surface area contributed by atoms with Crippen molar-refractivity contribution in [3.63, 3.8) is 0 Å². The van der Waals surface area contributed by atoms with Crippen LogP contribution in [0, 0.1) is 0 Å². The minimum atomic E-state index is 0.146. The first-order chi connectivity index (χ1) is 11.2. The fourth-order valence-electron chi connectivity index (χ4n) is 3.51. The van der Waals surface area contributed by atoms with Crippen LogP contribution in [-0.2, 0) is 6.42 Å². The highest BCUT2D eigenvalue weighted by atomic mass is 16.3. The zero-order valence-corrected chi connectivity index (χ0v) is 13.6. The molecule has 1 saturated heterocycles. The van der Waals surface area contributed by atoms with Crippen LogP contribution < -0.4 is 5.73 Å². The largest absolute Gasteiger partial charge is 0.508 e. The number of likely N-dealkylation sites (tertiary alicyclic amines) is 1. The molecule has 0 bridgehead atoms. The van der Waals surface area contributed by atoms with E-state index in [9.17, 15) is 5.11 Å². The summed E-state index contributed by atoms with van der Waals surface area (Å²) in [5.41, 5.74) is 8.98. The second kappa shape index (κ2) is 7.62. The Balaban J connectivity index is 1.46. The van der Waals surface area contributed by atoms with E-state index in [1.165, 1.54) is 24.0 Å². The fourth-order valence-corrected chi connectivity index (χ4v) is 3.51. The molecule has 3 heteroatoms. The maximum absolute atomic E-state index is 9.33. The Labute approximate surface area is 138 Å². The molecule has 1 aliphatic rings. The molecule has 0 aromatic heterocycles. The maximum atomic E-state index is 9.33. The highest BCUT2D eigenvalue weighted by Crippen LogP contribution is 2.27. The van der Waals surface area contributed by atoms with Crippen molar-refractivity contribution in [2.45, 2.75) is 31.2 Å². The molecule has 1 unspecified atom stereocenters. The van der Waals surface area contributed by atoms with Gasteiger partial charge < -0.3 is 15.7 Å². The molecule has 122 valence electrons. The van der Waals surface area contributed by atoms with E-state index in [2.05, 4.69) is 35.2 Å². The Bertz CT molecular complexity index is 589. The van der Waals surface area contributed by atoms with Crippen LogP contribution in [0.15, 0.2) is 54.6 Å². The van der Waals surface area contributed by atoms with Crippen LogP contribution in [0.1, 0.15) is 29.9 Å². The lowest BCUT2D eigenvalue weighted by atomic mass is 9.89. The lowest BCUT2D eigenvalue weighted by Crippen LogP contribution is -2.42. The molecule has 2 aromatic rings. The smallest absolute Gasteiger partial charge is 0.115 e. The summed E-state index contributed by atoms with van der Waals surface area (Å²) in [6, 6.07) is 18.4. The Kier molecular flexibility index (Phi) is 5.31. The fraction of sp³-hybridized carbons (Fsp3) is 0.400. The van der Waals surface area contributed by atoms with Gasteiger partial charge >= 0.3 is 0 Å². The second-order valence-electron chi connectivity index (χ2n) is 6.62. The van der Waals surface area contributed by atoms with Crippen LogP contribution in [0.5, 0.6) is 5.75 Å². The zero-order chi connectivity index (χ0) is 16.1. The van der Waals surface area contributed by atoms with Gasteiger partial charge in [0.25, 0.3) is 0 Å². The molecule has 1 atom stereocenters.